The third-order valence-electron chi connectivity index (χ3n) is 3.43. The Balaban J connectivity index is 2.29. The lowest BCUT2D eigenvalue weighted by molar-refractivity contribution is 0.0683. The molecule has 1 aliphatic rings. The first-order valence-electron chi connectivity index (χ1n) is 6.61. The van der Waals surface area contributed by atoms with Crippen LogP contribution in [0.1, 0.15) is 30.1 Å². The number of pyridine rings is 1. The normalized spacial score (nSPS) is 19.4. The maximum absolute atomic E-state index is 12.7. The van der Waals surface area contributed by atoms with Gasteiger partial charge in [-0.15, -0.1) is 0 Å². The van der Waals surface area contributed by atoms with Crippen LogP contribution in [0.4, 0.5) is 5.82 Å². The molecule has 0 N–H and O–H groups in total. The van der Waals surface area contributed by atoms with Crippen molar-refractivity contribution in [1.82, 2.24) is 9.88 Å². The Morgan fingerprint density at radius 3 is 2.89 bits per heavy atom. The summed E-state index contributed by atoms with van der Waals surface area (Å²) in [6.45, 7) is 3.90. The molecule has 1 fully saturated rings. The SMILES string of the molecule is C[C@H]1CCCN(C(=O)c2cc(Br)cnc2N(C)C)C1. The van der Waals surface area contributed by atoms with E-state index < -0.39 is 0 Å². The van der Waals surface area contributed by atoms with Gasteiger partial charge in [0.1, 0.15) is 5.82 Å². The maximum Gasteiger partial charge on any atom is 0.257 e. The van der Waals surface area contributed by atoms with Crippen LogP contribution in [0, 0.1) is 5.92 Å². The van der Waals surface area contributed by atoms with E-state index in [2.05, 4.69) is 27.8 Å². The van der Waals surface area contributed by atoms with Crippen LogP contribution < -0.4 is 4.90 Å². The standard InChI is InChI=1S/C14H20BrN3O/c1-10-5-4-6-18(9-10)14(19)12-7-11(15)8-16-13(12)17(2)3/h7-8,10H,4-6,9H2,1-3H3/t10-/m0/s1. The molecule has 1 aliphatic heterocycles. The first-order chi connectivity index (χ1) is 8.99. The van der Waals surface area contributed by atoms with Crippen LogP contribution in [-0.4, -0.2) is 43.0 Å². The summed E-state index contributed by atoms with van der Waals surface area (Å²) in [5.41, 5.74) is 0.675. The molecular weight excluding hydrogens is 306 g/mol. The van der Waals surface area contributed by atoms with E-state index in [0.29, 0.717) is 11.5 Å². The molecule has 2 heterocycles. The van der Waals surface area contributed by atoms with Crippen molar-refractivity contribution in [3.8, 4) is 0 Å². The van der Waals surface area contributed by atoms with E-state index in [9.17, 15) is 4.79 Å². The molecule has 2 rings (SSSR count). The fraction of sp³-hybridized carbons (Fsp3) is 0.571. The van der Waals surface area contributed by atoms with E-state index in [-0.39, 0.29) is 5.91 Å². The van der Waals surface area contributed by atoms with Crippen LogP contribution in [-0.2, 0) is 0 Å². The highest BCUT2D eigenvalue weighted by Gasteiger charge is 2.25. The van der Waals surface area contributed by atoms with Gasteiger partial charge in [0.25, 0.3) is 5.91 Å². The molecule has 104 valence electrons. The number of carbonyl (C=O) groups is 1. The van der Waals surface area contributed by atoms with E-state index in [1.54, 1.807) is 6.20 Å². The van der Waals surface area contributed by atoms with Gasteiger partial charge in [0, 0.05) is 37.9 Å². The summed E-state index contributed by atoms with van der Waals surface area (Å²) in [6, 6.07) is 1.87. The molecule has 0 saturated carbocycles. The number of likely N-dealkylation sites (tertiary alicyclic amines) is 1. The minimum Gasteiger partial charge on any atom is -0.362 e. The monoisotopic (exact) mass is 325 g/mol. The van der Waals surface area contributed by atoms with Crippen LogP contribution in [0.25, 0.3) is 0 Å². The first kappa shape index (κ1) is 14.3. The summed E-state index contributed by atoms with van der Waals surface area (Å²) in [5.74, 6) is 1.40. The van der Waals surface area contributed by atoms with Crippen molar-refractivity contribution in [3.05, 3.63) is 22.3 Å². The Bertz CT molecular complexity index is 476. The smallest absolute Gasteiger partial charge is 0.257 e. The van der Waals surface area contributed by atoms with Gasteiger partial charge in [0.15, 0.2) is 0 Å². The van der Waals surface area contributed by atoms with Gasteiger partial charge in [-0.05, 0) is 40.8 Å². The lowest BCUT2D eigenvalue weighted by atomic mass is 9.99. The van der Waals surface area contributed by atoms with Gasteiger partial charge < -0.3 is 9.80 Å². The highest BCUT2D eigenvalue weighted by atomic mass is 79.9. The lowest BCUT2D eigenvalue weighted by Gasteiger charge is -2.31. The summed E-state index contributed by atoms with van der Waals surface area (Å²) in [6.07, 6.45) is 4.03. The summed E-state index contributed by atoms with van der Waals surface area (Å²) in [7, 11) is 3.82. The molecule has 1 amide bonds. The quantitative estimate of drug-likeness (QED) is 0.838. The van der Waals surface area contributed by atoms with Gasteiger partial charge in [-0.1, -0.05) is 6.92 Å². The molecule has 19 heavy (non-hydrogen) atoms. The predicted molar refractivity (Wildman–Crippen MR) is 80.6 cm³/mol. The molecule has 4 nitrogen and oxygen atoms in total. The molecule has 1 atom stereocenters. The van der Waals surface area contributed by atoms with Crippen LogP contribution >= 0.6 is 15.9 Å². The van der Waals surface area contributed by atoms with Crippen LogP contribution in [0.2, 0.25) is 0 Å². The van der Waals surface area contributed by atoms with E-state index in [4.69, 9.17) is 0 Å². The van der Waals surface area contributed by atoms with E-state index >= 15 is 0 Å². The van der Waals surface area contributed by atoms with Gasteiger partial charge >= 0.3 is 0 Å². The van der Waals surface area contributed by atoms with Gasteiger partial charge in [-0.25, -0.2) is 4.98 Å². The van der Waals surface area contributed by atoms with Crippen molar-refractivity contribution < 1.29 is 4.79 Å². The Kier molecular flexibility index (Phi) is 4.45. The number of rotatable bonds is 2. The van der Waals surface area contributed by atoms with E-state index in [1.807, 2.05) is 30.0 Å². The van der Waals surface area contributed by atoms with Gasteiger partial charge in [-0.3, -0.25) is 4.79 Å². The highest BCUT2D eigenvalue weighted by Crippen LogP contribution is 2.24. The van der Waals surface area contributed by atoms with Crippen LogP contribution in [0.3, 0.4) is 0 Å². The molecular formula is C14H20BrN3O. The molecule has 0 unspecified atom stereocenters. The Morgan fingerprint density at radius 1 is 1.53 bits per heavy atom. The molecule has 1 aromatic heterocycles. The average Bonchev–Trinajstić information content (AvgIpc) is 2.37. The maximum atomic E-state index is 12.7. The summed E-state index contributed by atoms with van der Waals surface area (Å²) < 4.78 is 0.839. The third kappa shape index (κ3) is 3.26. The number of hydrogen-bond acceptors (Lipinski definition) is 3. The van der Waals surface area contributed by atoms with Crippen molar-refractivity contribution in [2.75, 3.05) is 32.1 Å². The fourth-order valence-electron chi connectivity index (χ4n) is 2.49. The highest BCUT2D eigenvalue weighted by molar-refractivity contribution is 9.10. The predicted octanol–water partition coefficient (Wildman–Crippen LogP) is 2.78. The third-order valence-corrected chi connectivity index (χ3v) is 3.87. The second-order valence-electron chi connectivity index (χ2n) is 5.42. The molecule has 5 heteroatoms. The van der Waals surface area contributed by atoms with Crippen LogP contribution in [0.5, 0.6) is 0 Å². The van der Waals surface area contributed by atoms with Crippen LogP contribution in [0.15, 0.2) is 16.7 Å². The Morgan fingerprint density at radius 2 is 2.26 bits per heavy atom. The molecule has 1 aromatic rings. The van der Waals surface area contributed by atoms with Crippen molar-refractivity contribution in [1.29, 1.82) is 0 Å². The number of aromatic nitrogens is 1. The molecule has 0 radical (unpaired) electrons. The number of hydrogen-bond donors (Lipinski definition) is 0. The molecule has 0 bridgehead atoms. The fourth-order valence-corrected chi connectivity index (χ4v) is 2.82. The summed E-state index contributed by atoms with van der Waals surface area (Å²) in [5, 5.41) is 0. The van der Waals surface area contributed by atoms with E-state index in [1.165, 1.54) is 6.42 Å². The number of nitrogens with zero attached hydrogens (tertiary/aromatic N) is 3. The van der Waals surface area contributed by atoms with Gasteiger partial charge in [-0.2, -0.15) is 0 Å². The topological polar surface area (TPSA) is 36.4 Å². The lowest BCUT2D eigenvalue weighted by Crippen LogP contribution is -2.39. The van der Waals surface area contributed by atoms with Crippen molar-refractivity contribution in [2.24, 2.45) is 5.92 Å². The van der Waals surface area contributed by atoms with Crippen molar-refractivity contribution in [2.45, 2.75) is 19.8 Å². The summed E-state index contributed by atoms with van der Waals surface area (Å²) in [4.78, 5) is 20.8. The van der Waals surface area contributed by atoms with Crippen molar-refractivity contribution >= 4 is 27.7 Å². The largest absolute Gasteiger partial charge is 0.362 e. The number of carbonyl (C=O) groups excluding carboxylic acids is 1. The second-order valence-corrected chi connectivity index (χ2v) is 6.33. The molecule has 0 aromatic carbocycles. The Hall–Kier alpha value is -1.10. The molecule has 0 spiro atoms. The number of amides is 1. The zero-order valence-electron chi connectivity index (χ0n) is 11.7. The van der Waals surface area contributed by atoms with Gasteiger partial charge in [0.05, 0.1) is 5.56 Å². The Labute approximate surface area is 122 Å². The van der Waals surface area contributed by atoms with E-state index in [0.717, 1.165) is 29.8 Å². The molecule has 0 aliphatic carbocycles. The molecule has 1 saturated heterocycles. The van der Waals surface area contributed by atoms with Gasteiger partial charge in [0.2, 0.25) is 0 Å². The first-order valence-corrected chi connectivity index (χ1v) is 7.40. The number of anilines is 1. The minimum atomic E-state index is 0.0871. The second kappa shape index (κ2) is 5.90. The van der Waals surface area contributed by atoms with Crippen molar-refractivity contribution in [3.63, 3.8) is 0 Å². The minimum absolute atomic E-state index is 0.0871. The number of piperidine rings is 1. The zero-order chi connectivity index (χ0) is 14.0. The number of halogens is 1. The zero-order valence-corrected chi connectivity index (χ0v) is 13.3. The summed E-state index contributed by atoms with van der Waals surface area (Å²) >= 11 is 3.40. The average molecular weight is 326 g/mol.